The lowest BCUT2D eigenvalue weighted by Gasteiger charge is -2.02. The molecule has 7 aromatic rings. The van der Waals surface area contributed by atoms with Crippen molar-refractivity contribution in [2.75, 3.05) is 0 Å². The first kappa shape index (κ1) is 24.6. The van der Waals surface area contributed by atoms with Crippen LogP contribution >= 0.6 is 0 Å². The van der Waals surface area contributed by atoms with Gasteiger partial charge in [-0.25, -0.2) is 0 Å². The Bertz CT molecular complexity index is 2210. The predicted molar refractivity (Wildman–Crippen MR) is 172 cm³/mol. The van der Waals surface area contributed by atoms with E-state index < -0.39 is 0 Å². The maximum Gasteiger partial charge on any atom is 0.205 e. The van der Waals surface area contributed by atoms with E-state index in [2.05, 4.69) is 62.6 Å². The fraction of sp³-hybridized carbons (Fsp3) is 0.0556. The van der Waals surface area contributed by atoms with Crippen LogP contribution in [-0.4, -0.2) is 29.1 Å². The Hall–Kier alpha value is -6.02. The zero-order chi connectivity index (χ0) is 29.7. The van der Waals surface area contributed by atoms with E-state index in [1.165, 1.54) is 0 Å². The Kier molecular flexibility index (Phi) is 4.88. The summed E-state index contributed by atoms with van der Waals surface area (Å²) in [6, 6.07) is 32.9. The van der Waals surface area contributed by atoms with Gasteiger partial charge in [0.25, 0.3) is 0 Å². The molecule has 44 heavy (non-hydrogen) atoms. The largest absolute Gasteiger partial charge is 0.366 e. The van der Waals surface area contributed by atoms with Crippen molar-refractivity contribution in [2.24, 2.45) is 14.1 Å². The lowest BCUT2D eigenvalue weighted by Crippen LogP contribution is -2.28. The van der Waals surface area contributed by atoms with Crippen molar-refractivity contribution in [3.63, 3.8) is 0 Å². The zero-order valence-electron chi connectivity index (χ0n) is 24.2. The monoisotopic (exact) mass is 570 g/mol. The van der Waals surface area contributed by atoms with Crippen molar-refractivity contribution in [3.8, 4) is 45.6 Å². The third kappa shape index (κ3) is 3.16. The zero-order valence-corrected chi connectivity index (χ0v) is 24.2. The molecule has 0 atom stereocenters. The Morgan fingerprint density at radius 1 is 0.409 bits per heavy atom. The summed E-state index contributed by atoms with van der Waals surface area (Å²) < 4.78 is 7.78. The van der Waals surface area contributed by atoms with E-state index in [1.807, 2.05) is 80.9 Å². The standard InChI is InChI=1S/C36H26N8/c1-41-29-21-13-5-6-14-22(21)30(41)38-32-24-16-8-10-18-26(24)34(43(32)3)40-36-28-20-12-11-19-27(28)35(44(36)4)39-33-25-17-9-7-15-23(25)31(37-29)42(33)2/h5-20H,1,4H2,2-3H3. The van der Waals surface area contributed by atoms with Crippen molar-refractivity contribution in [1.82, 2.24) is 29.1 Å². The molecule has 3 aromatic heterocycles. The molecule has 8 nitrogen and oxygen atoms in total. The molecule has 2 aliphatic heterocycles. The van der Waals surface area contributed by atoms with Gasteiger partial charge >= 0.3 is 0 Å². The highest BCUT2D eigenvalue weighted by molar-refractivity contribution is 6.06. The van der Waals surface area contributed by atoms with Crippen molar-refractivity contribution in [3.05, 3.63) is 111 Å². The first-order valence-electron chi connectivity index (χ1n) is 14.4. The van der Waals surface area contributed by atoms with Gasteiger partial charge in [-0.15, -0.1) is 19.9 Å². The summed E-state index contributed by atoms with van der Waals surface area (Å²) in [7, 11) is 12.9. The summed E-state index contributed by atoms with van der Waals surface area (Å²) in [5, 5.41) is 3.98. The van der Waals surface area contributed by atoms with Gasteiger partial charge in [-0.1, -0.05) is 86.9 Å². The molecule has 0 spiro atoms. The molecule has 0 amide bonds. The number of hydrogen-bond acceptors (Lipinski definition) is 4. The van der Waals surface area contributed by atoms with E-state index in [-0.39, 0.29) is 0 Å². The van der Waals surface area contributed by atoms with Crippen molar-refractivity contribution in [1.29, 1.82) is 0 Å². The average Bonchev–Trinajstić information content (AvgIpc) is 3.67. The third-order valence-electron chi connectivity index (χ3n) is 8.78. The van der Waals surface area contributed by atoms with E-state index in [1.54, 1.807) is 0 Å². The second kappa shape index (κ2) is 8.75. The van der Waals surface area contributed by atoms with Crippen molar-refractivity contribution < 1.29 is 9.13 Å². The summed E-state index contributed by atoms with van der Waals surface area (Å²) in [5.74, 6) is 2.89. The average molecular weight is 571 g/mol. The maximum absolute atomic E-state index is 5.29. The van der Waals surface area contributed by atoms with Gasteiger partial charge in [0.1, 0.15) is 0 Å². The molecule has 8 bridgehead atoms. The van der Waals surface area contributed by atoms with E-state index in [0.717, 1.165) is 89.7 Å². The molecule has 0 saturated heterocycles. The van der Waals surface area contributed by atoms with Gasteiger partial charge in [0, 0.05) is 35.6 Å². The maximum atomic E-state index is 5.29. The molecule has 4 aromatic carbocycles. The number of benzene rings is 4. The number of aryl methyl sites for hydroxylation is 2. The molecule has 2 aliphatic rings. The van der Waals surface area contributed by atoms with Crippen LogP contribution in [0.15, 0.2) is 97.1 Å². The highest BCUT2D eigenvalue weighted by Gasteiger charge is 2.25. The molecule has 9 rings (SSSR count). The molecular formula is C36H26N8. The van der Waals surface area contributed by atoms with E-state index >= 15 is 0 Å². The molecular weight excluding hydrogens is 544 g/mol. The van der Waals surface area contributed by atoms with Crippen molar-refractivity contribution >= 4 is 44.1 Å². The second-order valence-electron chi connectivity index (χ2n) is 11.2. The van der Waals surface area contributed by atoms with Crippen LogP contribution in [0.5, 0.6) is 0 Å². The minimum Gasteiger partial charge on any atom is -0.366 e. The number of hydrogen-bond donors (Lipinski definition) is 0. The topological polar surface area (TPSA) is 69.2 Å². The molecule has 8 heteroatoms. The van der Waals surface area contributed by atoms with Gasteiger partial charge in [0.2, 0.25) is 22.6 Å². The minimum atomic E-state index is 0.723. The van der Waals surface area contributed by atoms with E-state index in [0.29, 0.717) is 0 Å². The Labute approximate surface area is 252 Å². The number of aromatic nitrogens is 8. The minimum absolute atomic E-state index is 0.723. The normalized spacial score (nSPS) is 12.0. The SMILES string of the molecule is [CH2-][n+]1c2nc3c4ccccc4c(nc4[n+]([CH2-])c(nc5c6ccccc6c(nc1-c1ccccc1-2)n5C)-c1ccccc1-4)n3C. The van der Waals surface area contributed by atoms with Gasteiger partial charge < -0.3 is 9.13 Å². The van der Waals surface area contributed by atoms with Gasteiger partial charge in [0.05, 0.1) is 0 Å². The van der Waals surface area contributed by atoms with Crippen LogP contribution in [0.4, 0.5) is 0 Å². The number of fused-ring (bicyclic) bond motifs is 20. The second-order valence-corrected chi connectivity index (χ2v) is 11.2. The van der Waals surface area contributed by atoms with Gasteiger partial charge in [-0.2, -0.15) is 0 Å². The summed E-state index contributed by atoms with van der Waals surface area (Å²) in [6.07, 6.45) is 0. The van der Waals surface area contributed by atoms with Crippen LogP contribution in [-0.2, 0) is 14.1 Å². The molecule has 0 aliphatic carbocycles. The lowest BCUT2D eigenvalue weighted by atomic mass is 10.1. The highest BCUT2D eigenvalue weighted by atomic mass is 15.2. The Balaban J connectivity index is 1.59. The van der Waals surface area contributed by atoms with Crippen LogP contribution in [0.25, 0.3) is 89.7 Å². The Morgan fingerprint density at radius 2 is 0.636 bits per heavy atom. The van der Waals surface area contributed by atoms with E-state index in [4.69, 9.17) is 19.9 Å². The lowest BCUT2D eigenvalue weighted by molar-refractivity contribution is -0.590. The number of rotatable bonds is 0. The van der Waals surface area contributed by atoms with Crippen LogP contribution in [0.3, 0.4) is 0 Å². The molecule has 210 valence electrons. The van der Waals surface area contributed by atoms with Gasteiger partial charge in [0.15, 0.2) is 23.3 Å². The fourth-order valence-corrected chi connectivity index (χ4v) is 6.62. The van der Waals surface area contributed by atoms with Crippen LogP contribution < -0.4 is 9.13 Å². The van der Waals surface area contributed by atoms with Crippen molar-refractivity contribution in [2.45, 2.75) is 0 Å². The van der Waals surface area contributed by atoms with E-state index in [9.17, 15) is 0 Å². The molecule has 0 unspecified atom stereocenters. The van der Waals surface area contributed by atoms with Crippen LogP contribution in [0.1, 0.15) is 0 Å². The third-order valence-corrected chi connectivity index (χ3v) is 8.78. The summed E-state index contributed by atoms with van der Waals surface area (Å²) in [4.78, 5) is 21.2. The van der Waals surface area contributed by atoms with Crippen LogP contribution in [0.2, 0.25) is 0 Å². The van der Waals surface area contributed by atoms with Gasteiger partial charge in [-0.3, -0.25) is 9.13 Å². The first-order chi connectivity index (χ1) is 21.5. The smallest absolute Gasteiger partial charge is 0.205 e. The number of nitrogens with zero attached hydrogens (tertiary/aromatic N) is 8. The predicted octanol–water partition coefficient (Wildman–Crippen LogP) is 5.95. The fourth-order valence-electron chi connectivity index (χ4n) is 6.62. The summed E-state index contributed by atoms with van der Waals surface area (Å²) in [5.41, 5.74) is 7.03. The van der Waals surface area contributed by atoms with Gasteiger partial charge in [-0.05, 0) is 46.5 Å². The first-order valence-corrected chi connectivity index (χ1v) is 14.4. The summed E-state index contributed by atoms with van der Waals surface area (Å²) in [6.45, 7) is 0. The Morgan fingerprint density at radius 3 is 0.886 bits per heavy atom. The molecule has 5 heterocycles. The molecule has 0 fully saturated rings. The van der Waals surface area contributed by atoms with Crippen LogP contribution in [0, 0.1) is 14.1 Å². The quantitative estimate of drug-likeness (QED) is 0.167. The molecule has 0 saturated carbocycles. The molecule has 0 N–H and O–H groups in total. The molecule has 0 radical (unpaired) electrons. The highest BCUT2D eigenvalue weighted by Crippen LogP contribution is 2.36. The summed E-state index contributed by atoms with van der Waals surface area (Å²) >= 11 is 0.